The number of nitrogens with zero attached hydrogens (tertiary/aromatic N) is 4. The number of hydrazine groups is 1. The Morgan fingerprint density at radius 1 is 1.55 bits per heavy atom. The molecule has 2 aromatic rings. The minimum absolute atomic E-state index is 0.0217. The zero-order chi connectivity index (χ0) is 14.7. The van der Waals surface area contributed by atoms with E-state index in [4.69, 9.17) is 5.84 Å². The molecule has 0 aliphatic carbocycles. The van der Waals surface area contributed by atoms with E-state index in [1.165, 1.54) is 0 Å². The van der Waals surface area contributed by atoms with Crippen molar-refractivity contribution in [3.63, 3.8) is 0 Å². The number of H-pyrrole nitrogens is 1. The zero-order valence-corrected chi connectivity index (χ0v) is 11.6. The topological polar surface area (TPSA) is 125 Å². The van der Waals surface area contributed by atoms with Gasteiger partial charge in [-0.25, -0.2) is 5.84 Å². The van der Waals surface area contributed by atoms with E-state index in [-0.39, 0.29) is 17.8 Å². The Morgan fingerprint density at radius 2 is 2.30 bits per heavy atom. The molecule has 2 heterocycles. The van der Waals surface area contributed by atoms with Crippen molar-refractivity contribution in [2.45, 2.75) is 6.92 Å². The van der Waals surface area contributed by atoms with Crippen molar-refractivity contribution in [2.75, 3.05) is 31.0 Å². The Labute approximate surface area is 115 Å². The monoisotopic (exact) mass is 278 g/mol. The summed E-state index contributed by atoms with van der Waals surface area (Å²) in [6.45, 7) is 2.37. The molecule has 0 aromatic carbocycles. The van der Waals surface area contributed by atoms with Crippen molar-refractivity contribution in [2.24, 2.45) is 11.8 Å². The Hall–Kier alpha value is -2.42. The van der Waals surface area contributed by atoms with Gasteiger partial charge in [0.25, 0.3) is 0 Å². The first-order valence-electron chi connectivity index (χ1n) is 6.17. The van der Waals surface area contributed by atoms with Crippen LogP contribution in [0.1, 0.15) is 6.92 Å². The SMILES string of the molecule is CNC(=O)C(C)CN(C)c1nc(NN)nc2[nH]ncc12. The highest BCUT2D eigenvalue weighted by Gasteiger charge is 2.18. The van der Waals surface area contributed by atoms with Gasteiger partial charge >= 0.3 is 0 Å². The lowest BCUT2D eigenvalue weighted by Gasteiger charge is -2.22. The summed E-state index contributed by atoms with van der Waals surface area (Å²) < 4.78 is 0. The Balaban J connectivity index is 2.31. The molecule has 9 nitrogen and oxygen atoms in total. The average Bonchev–Trinajstić information content (AvgIpc) is 2.92. The molecule has 1 atom stereocenters. The van der Waals surface area contributed by atoms with Gasteiger partial charge in [-0.1, -0.05) is 6.92 Å². The van der Waals surface area contributed by atoms with Crippen LogP contribution in [0.4, 0.5) is 11.8 Å². The van der Waals surface area contributed by atoms with E-state index in [0.29, 0.717) is 18.0 Å². The number of anilines is 2. The number of aromatic nitrogens is 4. The second-order valence-electron chi connectivity index (χ2n) is 4.54. The van der Waals surface area contributed by atoms with Crippen LogP contribution in [-0.2, 0) is 4.79 Å². The molecule has 1 amide bonds. The van der Waals surface area contributed by atoms with Gasteiger partial charge in [-0.05, 0) is 0 Å². The van der Waals surface area contributed by atoms with Crippen LogP contribution in [0.2, 0.25) is 0 Å². The minimum atomic E-state index is -0.170. The summed E-state index contributed by atoms with van der Waals surface area (Å²) in [5.74, 6) is 6.11. The number of aromatic amines is 1. The quantitative estimate of drug-likeness (QED) is 0.427. The van der Waals surface area contributed by atoms with Gasteiger partial charge in [-0.2, -0.15) is 15.1 Å². The van der Waals surface area contributed by atoms with Crippen LogP contribution in [0.3, 0.4) is 0 Å². The fraction of sp³-hybridized carbons (Fsp3) is 0.455. The smallest absolute Gasteiger partial charge is 0.241 e. The van der Waals surface area contributed by atoms with Gasteiger partial charge in [0.1, 0.15) is 5.82 Å². The Kier molecular flexibility index (Phi) is 3.99. The zero-order valence-electron chi connectivity index (χ0n) is 11.6. The first-order chi connectivity index (χ1) is 9.56. The molecule has 0 saturated heterocycles. The highest BCUT2D eigenvalue weighted by atomic mass is 16.1. The van der Waals surface area contributed by atoms with Crippen LogP contribution in [-0.4, -0.2) is 46.7 Å². The van der Waals surface area contributed by atoms with E-state index in [1.807, 2.05) is 18.9 Å². The van der Waals surface area contributed by atoms with E-state index in [2.05, 4.69) is 30.9 Å². The lowest BCUT2D eigenvalue weighted by atomic mass is 10.1. The van der Waals surface area contributed by atoms with Gasteiger partial charge in [-0.3, -0.25) is 15.3 Å². The average molecular weight is 278 g/mol. The normalized spacial score (nSPS) is 12.2. The van der Waals surface area contributed by atoms with Gasteiger partial charge in [0.15, 0.2) is 5.65 Å². The summed E-state index contributed by atoms with van der Waals surface area (Å²) >= 11 is 0. The molecule has 0 aliphatic heterocycles. The third-order valence-electron chi connectivity index (χ3n) is 3.02. The molecular formula is C11H18N8O. The molecule has 5 N–H and O–H groups in total. The van der Waals surface area contributed by atoms with Crippen molar-refractivity contribution < 1.29 is 4.79 Å². The van der Waals surface area contributed by atoms with Gasteiger partial charge in [0.2, 0.25) is 11.9 Å². The van der Waals surface area contributed by atoms with Crippen LogP contribution < -0.4 is 21.5 Å². The number of amides is 1. The lowest BCUT2D eigenvalue weighted by Crippen LogP contribution is -2.34. The maximum Gasteiger partial charge on any atom is 0.241 e. The number of nitrogens with one attached hydrogen (secondary N) is 3. The van der Waals surface area contributed by atoms with Crippen molar-refractivity contribution in [1.82, 2.24) is 25.5 Å². The summed E-state index contributed by atoms with van der Waals surface area (Å²) in [6, 6.07) is 0. The third kappa shape index (κ3) is 2.62. The molecule has 0 fully saturated rings. The van der Waals surface area contributed by atoms with Gasteiger partial charge in [-0.15, -0.1) is 0 Å². The first kappa shape index (κ1) is 14.0. The fourth-order valence-corrected chi connectivity index (χ4v) is 2.00. The molecule has 9 heteroatoms. The number of carbonyl (C=O) groups excluding carboxylic acids is 1. The second kappa shape index (κ2) is 5.70. The summed E-state index contributed by atoms with van der Waals surface area (Å²) in [7, 11) is 3.47. The number of hydrogen-bond acceptors (Lipinski definition) is 7. The maximum absolute atomic E-state index is 11.6. The van der Waals surface area contributed by atoms with E-state index in [0.717, 1.165) is 5.39 Å². The van der Waals surface area contributed by atoms with Crippen LogP contribution in [0.25, 0.3) is 11.0 Å². The molecule has 20 heavy (non-hydrogen) atoms. The van der Waals surface area contributed by atoms with E-state index >= 15 is 0 Å². The first-order valence-corrected chi connectivity index (χ1v) is 6.17. The van der Waals surface area contributed by atoms with Gasteiger partial charge < -0.3 is 10.2 Å². The van der Waals surface area contributed by atoms with Crippen LogP contribution >= 0.6 is 0 Å². The highest BCUT2D eigenvalue weighted by Crippen LogP contribution is 2.23. The molecule has 0 spiro atoms. The maximum atomic E-state index is 11.6. The van der Waals surface area contributed by atoms with E-state index in [9.17, 15) is 4.79 Å². The van der Waals surface area contributed by atoms with Crippen LogP contribution in [0.15, 0.2) is 6.20 Å². The van der Waals surface area contributed by atoms with Crippen molar-refractivity contribution >= 4 is 28.7 Å². The molecule has 1 unspecified atom stereocenters. The summed E-state index contributed by atoms with van der Waals surface area (Å²) in [5, 5.41) is 10.1. The molecule has 2 rings (SSSR count). The highest BCUT2D eigenvalue weighted by molar-refractivity contribution is 5.87. The number of nitrogens with two attached hydrogens (primary N) is 1. The number of rotatable bonds is 5. The van der Waals surface area contributed by atoms with Crippen molar-refractivity contribution in [3.8, 4) is 0 Å². The number of carbonyl (C=O) groups is 1. The Bertz CT molecular complexity index is 609. The predicted octanol–water partition coefficient (Wildman–Crippen LogP) is -0.543. The fourth-order valence-electron chi connectivity index (χ4n) is 2.00. The standard InChI is InChI=1S/C11H18N8O/c1-6(10(20)13-2)5-19(3)9-7-4-14-18-8(7)15-11(16-9)17-12/h4,6H,5,12H2,1-3H3,(H,13,20)(H2,14,15,16,17,18). The number of nitrogen functional groups attached to an aromatic ring is 1. The van der Waals surface area contributed by atoms with E-state index in [1.54, 1.807) is 13.2 Å². The minimum Gasteiger partial charge on any atom is -0.359 e. The van der Waals surface area contributed by atoms with Crippen molar-refractivity contribution in [3.05, 3.63) is 6.20 Å². The largest absolute Gasteiger partial charge is 0.359 e. The molecule has 2 aromatic heterocycles. The Morgan fingerprint density at radius 3 is 2.95 bits per heavy atom. The van der Waals surface area contributed by atoms with Gasteiger partial charge in [0, 0.05) is 20.6 Å². The lowest BCUT2D eigenvalue weighted by molar-refractivity contribution is -0.123. The predicted molar refractivity (Wildman–Crippen MR) is 76.0 cm³/mol. The second-order valence-corrected chi connectivity index (χ2v) is 4.54. The molecule has 0 aliphatic rings. The van der Waals surface area contributed by atoms with E-state index < -0.39 is 0 Å². The third-order valence-corrected chi connectivity index (χ3v) is 3.02. The molecule has 0 radical (unpaired) electrons. The molecule has 0 saturated carbocycles. The van der Waals surface area contributed by atoms with Crippen LogP contribution in [0, 0.1) is 5.92 Å². The molecule has 108 valence electrons. The van der Waals surface area contributed by atoms with Gasteiger partial charge in [0.05, 0.1) is 17.5 Å². The molecular weight excluding hydrogens is 260 g/mol. The van der Waals surface area contributed by atoms with Crippen molar-refractivity contribution in [1.29, 1.82) is 0 Å². The number of fused-ring (bicyclic) bond motifs is 1. The number of hydrogen-bond donors (Lipinski definition) is 4. The summed E-state index contributed by atoms with van der Waals surface area (Å²) in [5.41, 5.74) is 3.00. The summed E-state index contributed by atoms with van der Waals surface area (Å²) in [4.78, 5) is 21.9. The summed E-state index contributed by atoms with van der Waals surface area (Å²) in [6.07, 6.45) is 1.64. The van der Waals surface area contributed by atoms with Crippen LogP contribution in [0.5, 0.6) is 0 Å². The molecule has 0 bridgehead atoms.